The third kappa shape index (κ3) is 3.04. The van der Waals surface area contributed by atoms with Crippen LogP contribution in [0.3, 0.4) is 0 Å². The summed E-state index contributed by atoms with van der Waals surface area (Å²) in [5, 5.41) is 0. The first-order valence-corrected chi connectivity index (χ1v) is 4.28. The van der Waals surface area contributed by atoms with E-state index in [1.807, 2.05) is 6.92 Å². The second-order valence-electron chi connectivity index (χ2n) is 1.86. The van der Waals surface area contributed by atoms with Crippen molar-refractivity contribution in [1.29, 1.82) is 0 Å². The van der Waals surface area contributed by atoms with Crippen molar-refractivity contribution in [2.24, 2.45) is 0 Å². The zero-order valence-corrected chi connectivity index (χ0v) is 7.08. The summed E-state index contributed by atoms with van der Waals surface area (Å²) in [4.78, 5) is 12.0. The average Bonchev–Trinajstić information content (AvgIpc) is 2.16. The Balaban J connectivity index is 3.07. The second kappa shape index (κ2) is 4.73. The SMILES string of the molecule is CCc1cncncscn1. The molecule has 0 saturated heterocycles. The average molecular weight is 167 g/mol. The predicted molar refractivity (Wildman–Crippen MR) is 44.7 cm³/mol. The van der Waals surface area contributed by atoms with Gasteiger partial charge in [-0.3, -0.25) is 0 Å². The Hall–Kier alpha value is -1.03. The topological polar surface area (TPSA) is 38.7 Å². The van der Waals surface area contributed by atoms with Gasteiger partial charge in [0.25, 0.3) is 0 Å². The van der Waals surface area contributed by atoms with E-state index in [9.17, 15) is 0 Å². The van der Waals surface area contributed by atoms with E-state index >= 15 is 0 Å². The van der Waals surface area contributed by atoms with Crippen molar-refractivity contribution in [2.75, 3.05) is 0 Å². The van der Waals surface area contributed by atoms with Crippen molar-refractivity contribution in [3.63, 3.8) is 0 Å². The van der Waals surface area contributed by atoms with Crippen LogP contribution < -0.4 is 0 Å². The van der Waals surface area contributed by atoms with E-state index in [4.69, 9.17) is 0 Å². The van der Waals surface area contributed by atoms with E-state index in [2.05, 4.69) is 15.0 Å². The molecule has 0 saturated carbocycles. The molecule has 0 atom stereocenters. The smallest absolute Gasteiger partial charge is 0.116 e. The van der Waals surface area contributed by atoms with Gasteiger partial charge >= 0.3 is 0 Å². The number of aromatic nitrogens is 3. The Bertz CT molecular complexity index is 234. The van der Waals surface area contributed by atoms with Crippen LogP contribution in [0.25, 0.3) is 0 Å². The molecule has 0 amide bonds. The van der Waals surface area contributed by atoms with Crippen molar-refractivity contribution in [1.82, 2.24) is 15.0 Å². The van der Waals surface area contributed by atoms with E-state index in [1.54, 1.807) is 17.2 Å². The van der Waals surface area contributed by atoms with E-state index in [-0.39, 0.29) is 0 Å². The molecule has 0 radical (unpaired) electrons. The summed E-state index contributed by atoms with van der Waals surface area (Å²) in [6.07, 6.45) is 4.13. The van der Waals surface area contributed by atoms with Crippen LogP contribution >= 0.6 is 11.3 Å². The maximum atomic E-state index is 4.16. The Morgan fingerprint density at radius 3 is 3.09 bits per heavy atom. The van der Waals surface area contributed by atoms with Gasteiger partial charge in [0.05, 0.1) is 22.9 Å². The van der Waals surface area contributed by atoms with Crippen LogP contribution in [-0.2, 0) is 6.42 Å². The molecule has 0 unspecified atom stereocenters. The first kappa shape index (κ1) is 8.07. The van der Waals surface area contributed by atoms with Crippen LogP contribution in [0, 0.1) is 0 Å². The highest BCUT2D eigenvalue weighted by molar-refractivity contribution is 7.06. The highest BCUT2D eigenvalue weighted by Crippen LogP contribution is 1.89. The number of hydrogen-bond donors (Lipinski definition) is 0. The van der Waals surface area contributed by atoms with Crippen LogP contribution in [0.5, 0.6) is 0 Å². The first-order chi connectivity index (χ1) is 5.43. The summed E-state index contributed by atoms with van der Waals surface area (Å²) in [6.45, 7) is 2.04. The molecule has 0 bridgehead atoms. The lowest BCUT2D eigenvalue weighted by Crippen LogP contribution is -1.80. The van der Waals surface area contributed by atoms with Gasteiger partial charge in [-0.2, -0.15) is 0 Å². The van der Waals surface area contributed by atoms with Gasteiger partial charge in [-0.25, -0.2) is 15.0 Å². The molecule has 0 aliphatic carbocycles. The van der Waals surface area contributed by atoms with Gasteiger partial charge in [-0.05, 0) is 6.42 Å². The summed E-state index contributed by atoms with van der Waals surface area (Å²) in [6, 6.07) is 0. The normalized spacial score (nSPS) is 8.82. The minimum absolute atomic E-state index is 0.897. The molecule has 58 valence electrons. The molecule has 0 spiro atoms. The van der Waals surface area contributed by atoms with Crippen molar-refractivity contribution < 1.29 is 0 Å². The second-order valence-corrected chi connectivity index (χ2v) is 2.56. The van der Waals surface area contributed by atoms with Gasteiger partial charge in [-0.15, -0.1) is 11.3 Å². The standard InChI is InChI=1S/C7H9N3S/c1-2-7-3-8-4-9-5-11-6-10-7/h3-6H,2H2,1H3. The highest BCUT2D eigenvalue weighted by atomic mass is 32.1. The lowest BCUT2D eigenvalue weighted by molar-refractivity contribution is 1.02. The third-order valence-electron chi connectivity index (χ3n) is 1.12. The maximum Gasteiger partial charge on any atom is 0.116 e. The minimum atomic E-state index is 0.897. The van der Waals surface area contributed by atoms with Crippen molar-refractivity contribution in [3.8, 4) is 0 Å². The number of hydrogen-bond acceptors (Lipinski definition) is 4. The van der Waals surface area contributed by atoms with E-state index in [0.717, 1.165) is 12.1 Å². The summed E-state index contributed by atoms with van der Waals surface area (Å²) < 4.78 is 0. The fourth-order valence-corrected chi connectivity index (χ4v) is 0.937. The molecule has 0 aromatic carbocycles. The van der Waals surface area contributed by atoms with E-state index < -0.39 is 0 Å². The molecule has 0 aliphatic rings. The van der Waals surface area contributed by atoms with Gasteiger partial charge < -0.3 is 0 Å². The van der Waals surface area contributed by atoms with Gasteiger partial charge in [0.15, 0.2) is 0 Å². The number of rotatable bonds is 1. The molecule has 3 nitrogen and oxygen atoms in total. The minimum Gasteiger partial charge on any atom is -0.249 e. The zero-order valence-electron chi connectivity index (χ0n) is 6.27. The van der Waals surface area contributed by atoms with Crippen LogP contribution in [-0.4, -0.2) is 15.0 Å². The molecule has 1 rings (SSSR count). The maximum absolute atomic E-state index is 4.16. The molecule has 4 heteroatoms. The van der Waals surface area contributed by atoms with Crippen LogP contribution in [0.15, 0.2) is 23.5 Å². The summed E-state index contributed by atoms with van der Waals surface area (Å²) in [5.74, 6) is 0. The van der Waals surface area contributed by atoms with Crippen LogP contribution in [0.4, 0.5) is 0 Å². The summed E-state index contributed by atoms with van der Waals surface area (Å²) >= 11 is 1.45. The Kier molecular flexibility index (Phi) is 3.47. The number of nitrogens with zero attached hydrogens (tertiary/aromatic N) is 3. The fourth-order valence-electron chi connectivity index (χ4n) is 0.561. The Morgan fingerprint density at radius 1 is 1.36 bits per heavy atom. The molecule has 0 N–H and O–H groups in total. The van der Waals surface area contributed by atoms with E-state index in [0.29, 0.717) is 0 Å². The first-order valence-electron chi connectivity index (χ1n) is 3.34. The van der Waals surface area contributed by atoms with Crippen molar-refractivity contribution >= 4 is 11.3 Å². The molecular weight excluding hydrogens is 158 g/mol. The highest BCUT2D eigenvalue weighted by Gasteiger charge is 1.81. The molecule has 1 aromatic heterocycles. The lowest BCUT2D eigenvalue weighted by atomic mass is 10.4. The van der Waals surface area contributed by atoms with Gasteiger partial charge in [0.1, 0.15) is 6.33 Å². The monoisotopic (exact) mass is 167 g/mol. The molecular formula is C7H9N3S. The Labute approximate surface area is 69.5 Å². The molecule has 1 aromatic rings. The zero-order chi connectivity index (χ0) is 7.94. The third-order valence-corrected chi connectivity index (χ3v) is 1.59. The number of aryl methyl sites for hydroxylation is 1. The van der Waals surface area contributed by atoms with Gasteiger partial charge in [-0.1, -0.05) is 6.92 Å². The molecule has 0 fully saturated rings. The molecule has 11 heavy (non-hydrogen) atoms. The van der Waals surface area contributed by atoms with Crippen LogP contribution in [0.1, 0.15) is 12.6 Å². The largest absolute Gasteiger partial charge is 0.249 e. The quantitative estimate of drug-likeness (QED) is 0.638. The van der Waals surface area contributed by atoms with Gasteiger partial charge in [0.2, 0.25) is 0 Å². The predicted octanol–water partition coefficient (Wildman–Crippen LogP) is 1.62. The summed E-state index contributed by atoms with van der Waals surface area (Å²) in [7, 11) is 0. The fraction of sp³-hybridized carbons (Fsp3) is 0.286. The van der Waals surface area contributed by atoms with Crippen molar-refractivity contribution in [2.45, 2.75) is 13.3 Å². The van der Waals surface area contributed by atoms with Crippen LogP contribution in [0.2, 0.25) is 0 Å². The van der Waals surface area contributed by atoms with E-state index in [1.165, 1.54) is 17.7 Å². The molecule has 0 aliphatic heterocycles. The van der Waals surface area contributed by atoms with Crippen molar-refractivity contribution in [3.05, 3.63) is 29.2 Å². The van der Waals surface area contributed by atoms with Gasteiger partial charge in [0, 0.05) is 0 Å². The lowest BCUT2D eigenvalue weighted by Gasteiger charge is -1.83. The molecule has 1 heterocycles. The Morgan fingerprint density at radius 2 is 2.27 bits per heavy atom. The summed E-state index contributed by atoms with van der Waals surface area (Å²) in [5.41, 5.74) is 4.42.